The Balaban J connectivity index is 1.56. The van der Waals surface area contributed by atoms with Gasteiger partial charge in [-0.3, -0.25) is 10.1 Å². The molecular weight excluding hydrogens is 384 g/mol. The van der Waals surface area contributed by atoms with Crippen molar-refractivity contribution in [3.63, 3.8) is 0 Å². The molecule has 0 saturated heterocycles. The van der Waals surface area contributed by atoms with Gasteiger partial charge in [0.05, 0.1) is 10.7 Å². The summed E-state index contributed by atoms with van der Waals surface area (Å²) in [6.45, 7) is 2.13. The summed E-state index contributed by atoms with van der Waals surface area (Å²) in [6, 6.07) is 16.1. The van der Waals surface area contributed by atoms with Crippen LogP contribution in [-0.2, 0) is 6.42 Å². The Kier molecular flexibility index (Phi) is 4.76. The molecule has 0 bridgehead atoms. The molecule has 0 saturated carbocycles. The predicted octanol–water partition coefficient (Wildman–Crippen LogP) is 6.49. The summed E-state index contributed by atoms with van der Waals surface area (Å²) in [7, 11) is 0. The second kappa shape index (κ2) is 7.19. The van der Waals surface area contributed by atoms with E-state index in [1.165, 1.54) is 28.2 Å². The van der Waals surface area contributed by atoms with Crippen molar-refractivity contribution in [2.75, 3.05) is 5.32 Å². The first-order valence-corrected chi connectivity index (χ1v) is 10.3. The number of hydrogen-bond acceptors (Lipinski definition) is 4. The van der Waals surface area contributed by atoms with Gasteiger partial charge in [-0.1, -0.05) is 61.0 Å². The lowest BCUT2D eigenvalue weighted by molar-refractivity contribution is 0.103. The maximum atomic E-state index is 12.6. The molecule has 3 nitrogen and oxygen atoms in total. The number of nitrogens with zero attached hydrogens (tertiary/aromatic N) is 1. The van der Waals surface area contributed by atoms with Crippen LogP contribution in [0, 0.1) is 0 Å². The molecule has 0 radical (unpaired) electrons. The van der Waals surface area contributed by atoms with Crippen LogP contribution in [0.3, 0.4) is 0 Å². The lowest BCUT2D eigenvalue weighted by Gasteiger charge is -2.00. The smallest absolute Gasteiger partial charge is 0.269 e. The average molecular weight is 399 g/mol. The van der Waals surface area contributed by atoms with Crippen LogP contribution in [0.2, 0.25) is 5.02 Å². The van der Waals surface area contributed by atoms with Crippen molar-refractivity contribution in [1.29, 1.82) is 0 Å². The second-order valence-electron chi connectivity index (χ2n) is 5.78. The third kappa shape index (κ3) is 3.26. The molecule has 0 fully saturated rings. The zero-order valence-electron chi connectivity index (χ0n) is 14.0. The molecular formula is C20H15ClN2OS2. The first-order valence-electron chi connectivity index (χ1n) is 8.19. The second-order valence-corrected chi connectivity index (χ2v) is 8.07. The minimum atomic E-state index is -0.224. The number of hydrogen-bond donors (Lipinski definition) is 1. The molecule has 0 atom stereocenters. The van der Waals surface area contributed by atoms with Crippen LogP contribution in [0.25, 0.3) is 21.3 Å². The summed E-state index contributed by atoms with van der Waals surface area (Å²) in [5.41, 5.74) is 3.19. The largest absolute Gasteiger partial charge is 0.297 e. The number of thiophene rings is 1. The van der Waals surface area contributed by atoms with Crippen molar-refractivity contribution in [2.45, 2.75) is 13.3 Å². The van der Waals surface area contributed by atoms with Crippen LogP contribution in [0.15, 0.2) is 53.9 Å². The monoisotopic (exact) mass is 398 g/mol. The van der Waals surface area contributed by atoms with Gasteiger partial charge in [0.25, 0.3) is 5.91 Å². The summed E-state index contributed by atoms with van der Waals surface area (Å²) < 4.78 is 0.999. The number of rotatable bonds is 4. The Morgan fingerprint density at radius 1 is 1.15 bits per heavy atom. The number of nitrogens with one attached hydrogen (secondary N) is 1. The topological polar surface area (TPSA) is 42.0 Å². The van der Waals surface area contributed by atoms with Crippen molar-refractivity contribution in [3.8, 4) is 11.3 Å². The molecule has 4 aromatic rings. The Morgan fingerprint density at radius 3 is 2.65 bits per heavy atom. The summed E-state index contributed by atoms with van der Waals surface area (Å²) in [5, 5.41) is 6.78. The number of carbonyl (C=O) groups is 1. The van der Waals surface area contributed by atoms with Crippen LogP contribution in [0.5, 0.6) is 0 Å². The van der Waals surface area contributed by atoms with Gasteiger partial charge in [0.2, 0.25) is 0 Å². The molecule has 2 aromatic heterocycles. The van der Waals surface area contributed by atoms with E-state index in [-0.39, 0.29) is 5.91 Å². The molecule has 130 valence electrons. The third-order valence-electron chi connectivity index (χ3n) is 4.12. The fourth-order valence-corrected chi connectivity index (χ4v) is 4.82. The van der Waals surface area contributed by atoms with Gasteiger partial charge in [-0.15, -0.1) is 22.7 Å². The molecule has 1 amide bonds. The van der Waals surface area contributed by atoms with E-state index < -0.39 is 0 Å². The van der Waals surface area contributed by atoms with Crippen LogP contribution in [0.1, 0.15) is 22.2 Å². The van der Waals surface area contributed by atoms with Gasteiger partial charge in [0.15, 0.2) is 5.13 Å². The molecule has 26 heavy (non-hydrogen) atoms. The number of carbonyl (C=O) groups excluding carboxylic acids is 1. The lowest BCUT2D eigenvalue weighted by Crippen LogP contribution is -2.10. The number of aryl methyl sites for hydroxylation is 1. The maximum Gasteiger partial charge on any atom is 0.269 e. The fourth-order valence-electron chi connectivity index (χ4n) is 2.69. The number of thiazole rings is 1. The van der Waals surface area contributed by atoms with Gasteiger partial charge in [0.1, 0.15) is 4.88 Å². The molecule has 2 aromatic carbocycles. The maximum absolute atomic E-state index is 12.6. The van der Waals surface area contributed by atoms with Gasteiger partial charge >= 0.3 is 0 Å². The van der Waals surface area contributed by atoms with E-state index in [0.29, 0.717) is 15.0 Å². The van der Waals surface area contributed by atoms with Crippen LogP contribution in [-0.4, -0.2) is 10.9 Å². The van der Waals surface area contributed by atoms with Crippen molar-refractivity contribution in [3.05, 3.63) is 69.4 Å². The molecule has 0 unspecified atom stereocenters. The van der Waals surface area contributed by atoms with Crippen molar-refractivity contribution < 1.29 is 4.79 Å². The molecule has 1 N–H and O–H groups in total. The van der Waals surface area contributed by atoms with Gasteiger partial charge in [-0.25, -0.2) is 4.98 Å². The van der Waals surface area contributed by atoms with E-state index in [0.717, 1.165) is 27.8 Å². The highest BCUT2D eigenvalue weighted by molar-refractivity contribution is 7.21. The fraction of sp³-hybridized carbons (Fsp3) is 0.100. The van der Waals surface area contributed by atoms with Crippen LogP contribution >= 0.6 is 34.3 Å². The van der Waals surface area contributed by atoms with Gasteiger partial charge < -0.3 is 0 Å². The van der Waals surface area contributed by atoms with Crippen molar-refractivity contribution in [1.82, 2.24) is 4.98 Å². The van der Waals surface area contributed by atoms with Crippen molar-refractivity contribution in [2.24, 2.45) is 0 Å². The van der Waals surface area contributed by atoms with E-state index >= 15 is 0 Å². The number of benzene rings is 2. The van der Waals surface area contributed by atoms with E-state index in [1.54, 1.807) is 0 Å². The quantitative estimate of drug-likeness (QED) is 0.426. The number of anilines is 1. The SMILES string of the molecule is CCc1ccc(-c2csc(NC(=O)c3sc4ccccc4c3Cl)n2)cc1. The van der Waals surface area contributed by atoms with E-state index in [1.807, 2.05) is 29.6 Å². The van der Waals surface area contributed by atoms with E-state index in [4.69, 9.17) is 11.6 Å². The highest BCUT2D eigenvalue weighted by atomic mass is 35.5. The van der Waals surface area contributed by atoms with Gasteiger partial charge in [-0.2, -0.15) is 0 Å². The normalized spacial score (nSPS) is 11.0. The van der Waals surface area contributed by atoms with Crippen molar-refractivity contribution >= 4 is 55.4 Å². The molecule has 0 aliphatic carbocycles. The van der Waals surface area contributed by atoms with Gasteiger partial charge in [0, 0.05) is 21.0 Å². The van der Waals surface area contributed by atoms with Gasteiger partial charge in [-0.05, 0) is 18.1 Å². The molecule has 0 aliphatic heterocycles. The number of aromatic nitrogens is 1. The highest BCUT2D eigenvalue weighted by Gasteiger charge is 2.18. The van der Waals surface area contributed by atoms with Crippen LogP contribution < -0.4 is 5.32 Å². The Morgan fingerprint density at radius 2 is 1.92 bits per heavy atom. The Bertz CT molecular complexity index is 1080. The Labute approximate surface area is 164 Å². The van der Waals surface area contributed by atoms with E-state index in [2.05, 4.69) is 41.5 Å². The lowest BCUT2D eigenvalue weighted by atomic mass is 10.1. The highest BCUT2D eigenvalue weighted by Crippen LogP contribution is 2.36. The number of halogens is 1. The molecule has 0 spiro atoms. The standard InChI is InChI=1S/C20H15ClN2OS2/c1-2-12-7-9-13(10-8-12)15-11-25-20(22-15)23-19(24)18-17(21)14-5-3-4-6-16(14)26-18/h3-11H,2H2,1H3,(H,22,23,24). The average Bonchev–Trinajstić information content (AvgIpc) is 3.27. The number of fused-ring (bicyclic) bond motifs is 1. The minimum Gasteiger partial charge on any atom is -0.297 e. The molecule has 4 rings (SSSR count). The molecule has 6 heteroatoms. The first-order chi connectivity index (χ1) is 12.7. The number of amides is 1. The Hall–Kier alpha value is -2.21. The summed E-state index contributed by atoms with van der Waals surface area (Å²) in [6.07, 6.45) is 1.01. The zero-order chi connectivity index (χ0) is 18.1. The minimum absolute atomic E-state index is 0.224. The molecule has 0 aliphatic rings. The third-order valence-corrected chi connectivity index (χ3v) is 6.56. The van der Waals surface area contributed by atoms with E-state index in [9.17, 15) is 4.79 Å². The summed E-state index contributed by atoms with van der Waals surface area (Å²) in [4.78, 5) is 17.7. The first kappa shape index (κ1) is 17.2. The predicted molar refractivity (Wildman–Crippen MR) is 112 cm³/mol. The van der Waals surface area contributed by atoms with Crippen LogP contribution in [0.4, 0.5) is 5.13 Å². The summed E-state index contributed by atoms with van der Waals surface area (Å²) >= 11 is 9.18. The summed E-state index contributed by atoms with van der Waals surface area (Å²) in [5.74, 6) is -0.224. The zero-order valence-corrected chi connectivity index (χ0v) is 16.3. The molecule has 2 heterocycles.